The van der Waals surface area contributed by atoms with Crippen molar-refractivity contribution in [2.24, 2.45) is 0 Å². The lowest BCUT2D eigenvalue weighted by molar-refractivity contribution is 0.860. The van der Waals surface area contributed by atoms with E-state index < -0.39 is 0 Å². The van der Waals surface area contributed by atoms with Gasteiger partial charge in [-0.3, -0.25) is 0 Å². The van der Waals surface area contributed by atoms with Gasteiger partial charge in [0.05, 0.1) is 10.6 Å². The normalized spacial score (nSPS) is 10.9. The van der Waals surface area contributed by atoms with E-state index in [-0.39, 0.29) is 0 Å². The first-order chi connectivity index (χ1) is 10.1. The molecule has 0 aromatic carbocycles. The molecule has 0 saturated carbocycles. The summed E-state index contributed by atoms with van der Waals surface area (Å²) in [5.41, 5.74) is 7.03. The van der Waals surface area contributed by atoms with Gasteiger partial charge in [-0.05, 0) is 27.7 Å². The van der Waals surface area contributed by atoms with Gasteiger partial charge in [-0.2, -0.15) is 0 Å². The summed E-state index contributed by atoms with van der Waals surface area (Å²) in [4.78, 5) is 14.7. The Morgan fingerprint density at radius 1 is 0.952 bits per heavy atom. The first-order valence-electron chi connectivity index (χ1n) is 7.36. The van der Waals surface area contributed by atoms with Crippen LogP contribution in [0, 0.1) is 0 Å². The molecule has 0 bridgehead atoms. The van der Waals surface area contributed by atoms with E-state index in [4.69, 9.17) is 10.7 Å². The summed E-state index contributed by atoms with van der Waals surface area (Å²) < 4.78 is 0. The fourth-order valence-electron chi connectivity index (χ4n) is 2.14. The van der Waals surface area contributed by atoms with Crippen LogP contribution in [0.5, 0.6) is 0 Å². The van der Waals surface area contributed by atoms with Crippen molar-refractivity contribution in [3.8, 4) is 10.6 Å². The lowest BCUT2D eigenvalue weighted by Gasteiger charge is -2.16. The zero-order valence-electron chi connectivity index (χ0n) is 13.1. The van der Waals surface area contributed by atoms with Gasteiger partial charge in [0.15, 0.2) is 10.3 Å². The summed E-state index contributed by atoms with van der Waals surface area (Å²) in [5, 5.41) is 4.10. The molecule has 0 fully saturated rings. The lowest BCUT2D eigenvalue weighted by atomic mass is 10.4. The third kappa shape index (κ3) is 3.29. The van der Waals surface area contributed by atoms with Gasteiger partial charge in [-0.1, -0.05) is 11.3 Å². The smallest absolute Gasteiger partial charge is 0.187 e. The predicted octanol–water partition coefficient (Wildman–Crippen LogP) is 3.54. The summed E-state index contributed by atoms with van der Waals surface area (Å²) in [7, 11) is 0. The van der Waals surface area contributed by atoms with Crippen LogP contribution in [0.25, 0.3) is 10.6 Å². The highest BCUT2D eigenvalue weighted by molar-refractivity contribution is 7.20. The zero-order valence-corrected chi connectivity index (χ0v) is 14.7. The zero-order chi connectivity index (χ0) is 15.4. The number of anilines is 3. The molecule has 116 valence electrons. The Morgan fingerprint density at radius 3 is 2.10 bits per heavy atom. The second kappa shape index (κ2) is 7.09. The van der Waals surface area contributed by atoms with Crippen LogP contribution >= 0.6 is 22.7 Å². The van der Waals surface area contributed by atoms with Crippen molar-refractivity contribution in [2.75, 3.05) is 41.7 Å². The van der Waals surface area contributed by atoms with E-state index in [0.717, 1.165) is 47.0 Å². The van der Waals surface area contributed by atoms with Gasteiger partial charge in [0.1, 0.15) is 5.82 Å². The highest BCUT2D eigenvalue weighted by Gasteiger charge is 2.17. The summed E-state index contributed by atoms with van der Waals surface area (Å²) in [6.45, 7) is 12.3. The molecule has 21 heavy (non-hydrogen) atoms. The molecule has 0 aliphatic rings. The van der Waals surface area contributed by atoms with Crippen LogP contribution in [0.15, 0.2) is 5.38 Å². The largest absolute Gasteiger partial charge is 0.382 e. The molecule has 7 heteroatoms. The second-order valence-electron chi connectivity index (χ2n) is 4.57. The third-order valence-electron chi connectivity index (χ3n) is 3.43. The van der Waals surface area contributed by atoms with E-state index in [1.54, 1.807) is 22.7 Å². The highest BCUT2D eigenvalue weighted by Crippen LogP contribution is 2.38. The molecule has 2 aromatic rings. The molecule has 5 nitrogen and oxygen atoms in total. The van der Waals surface area contributed by atoms with E-state index in [1.807, 2.05) is 0 Å². The Kier molecular flexibility index (Phi) is 5.41. The molecular weight excluding hydrogens is 302 g/mol. The Morgan fingerprint density at radius 2 is 1.52 bits per heavy atom. The lowest BCUT2D eigenvalue weighted by Crippen LogP contribution is -2.21. The Hall–Kier alpha value is -1.34. The minimum Gasteiger partial charge on any atom is -0.382 e. The molecule has 2 N–H and O–H groups in total. The Labute approximate surface area is 134 Å². The van der Waals surface area contributed by atoms with Gasteiger partial charge in [0.25, 0.3) is 0 Å². The minimum absolute atomic E-state index is 0.582. The van der Waals surface area contributed by atoms with Crippen LogP contribution in [0.3, 0.4) is 0 Å². The molecule has 0 saturated heterocycles. The summed E-state index contributed by atoms with van der Waals surface area (Å²) in [6, 6.07) is 0. The quantitative estimate of drug-likeness (QED) is 0.844. The van der Waals surface area contributed by atoms with E-state index in [1.165, 1.54) is 0 Å². The molecule has 0 amide bonds. The van der Waals surface area contributed by atoms with Crippen LogP contribution in [0.4, 0.5) is 16.1 Å². The van der Waals surface area contributed by atoms with Crippen LogP contribution in [0.1, 0.15) is 27.7 Å². The Balaban J connectivity index is 2.30. The number of rotatable bonds is 7. The SMILES string of the molecule is CCN(CC)c1nc(-c2sc(N(CC)CC)nc2N)cs1. The maximum absolute atomic E-state index is 6.09. The molecule has 2 aromatic heterocycles. The molecule has 0 aliphatic carbocycles. The third-order valence-corrected chi connectivity index (χ3v) is 5.49. The average Bonchev–Trinajstić information content (AvgIpc) is 3.09. The van der Waals surface area contributed by atoms with Crippen molar-refractivity contribution in [3.05, 3.63) is 5.38 Å². The predicted molar refractivity (Wildman–Crippen MR) is 94.8 cm³/mol. The number of aromatic nitrogens is 2. The van der Waals surface area contributed by atoms with E-state index >= 15 is 0 Å². The standard InChI is InChI=1S/C14H23N5S2/c1-5-18(6-2)13-16-10(9-20-13)11-12(15)17-14(21-11)19(7-3)8-4/h9H,5-8,15H2,1-4H3. The molecule has 0 unspecified atom stereocenters. The minimum atomic E-state index is 0.582. The number of nitrogens with zero attached hydrogens (tertiary/aromatic N) is 4. The molecule has 0 atom stereocenters. The van der Waals surface area contributed by atoms with Crippen molar-refractivity contribution in [1.82, 2.24) is 9.97 Å². The maximum Gasteiger partial charge on any atom is 0.187 e. The van der Waals surface area contributed by atoms with Crippen LogP contribution in [0.2, 0.25) is 0 Å². The van der Waals surface area contributed by atoms with Gasteiger partial charge < -0.3 is 15.5 Å². The van der Waals surface area contributed by atoms with Crippen molar-refractivity contribution in [3.63, 3.8) is 0 Å². The maximum atomic E-state index is 6.09. The van der Waals surface area contributed by atoms with Gasteiger partial charge in [-0.15, -0.1) is 11.3 Å². The van der Waals surface area contributed by atoms with Crippen LogP contribution < -0.4 is 15.5 Å². The summed E-state index contributed by atoms with van der Waals surface area (Å²) >= 11 is 3.29. The van der Waals surface area contributed by atoms with Crippen molar-refractivity contribution in [2.45, 2.75) is 27.7 Å². The van der Waals surface area contributed by atoms with E-state index in [9.17, 15) is 0 Å². The number of hydrogen-bond acceptors (Lipinski definition) is 7. The topological polar surface area (TPSA) is 58.3 Å². The molecule has 2 heterocycles. The summed E-state index contributed by atoms with van der Waals surface area (Å²) in [5.74, 6) is 0.582. The first-order valence-corrected chi connectivity index (χ1v) is 9.06. The second-order valence-corrected chi connectivity index (χ2v) is 6.38. The molecular formula is C14H23N5S2. The fraction of sp³-hybridized carbons (Fsp3) is 0.571. The van der Waals surface area contributed by atoms with Gasteiger partial charge in [-0.25, -0.2) is 9.97 Å². The van der Waals surface area contributed by atoms with Gasteiger partial charge in [0.2, 0.25) is 0 Å². The van der Waals surface area contributed by atoms with Crippen molar-refractivity contribution >= 4 is 38.8 Å². The molecule has 0 radical (unpaired) electrons. The average molecular weight is 326 g/mol. The van der Waals surface area contributed by atoms with E-state index in [0.29, 0.717) is 5.82 Å². The number of hydrogen-bond donors (Lipinski definition) is 1. The molecule has 2 rings (SSSR count). The molecule has 0 spiro atoms. The fourth-order valence-corrected chi connectivity index (χ4v) is 4.23. The van der Waals surface area contributed by atoms with Crippen LogP contribution in [-0.2, 0) is 0 Å². The van der Waals surface area contributed by atoms with Crippen molar-refractivity contribution in [1.29, 1.82) is 0 Å². The van der Waals surface area contributed by atoms with E-state index in [2.05, 4.69) is 47.9 Å². The van der Waals surface area contributed by atoms with Gasteiger partial charge in [0, 0.05) is 31.6 Å². The van der Waals surface area contributed by atoms with Crippen molar-refractivity contribution < 1.29 is 0 Å². The monoisotopic (exact) mass is 325 g/mol. The first kappa shape index (κ1) is 16.0. The summed E-state index contributed by atoms with van der Waals surface area (Å²) in [6.07, 6.45) is 0. The van der Waals surface area contributed by atoms with Crippen LogP contribution in [-0.4, -0.2) is 36.1 Å². The number of nitrogens with two attached hydrogens (primary N) is 1. The number of nitrogen functional groups attached to an aromatic ring is 1. The van der Waals surface area contributed by atoms with Gasteiger partial charge >= 0.3 is 0 Å². The Bertz CT molecular complexity index is 570. The molecule has 0 aliphatic heterocycles. The highest BCUT2D eigenvalue weighted by atomic mass is 32.1. The number of thiazole rings is 2.